The van der Waals surface area contributed by atoms with E-state index in [2.05, 4.69) is 15.3 Å². The first-order chi connectivity index (χ1) is 9.76. The normalized spacial score (nSPS) is 24.9. The van der Waals surface area contributed by atoms with Crippen molar-refractivity contribution in [1.29, 1.82) is 0 Å². The first kappa shape index (κ1) is 12.0. The molecule has 0 aromatic carbocycles. The molecule has 0 atom stereocenters. The molecule has 1 aliphatic heterocycles. The zero-order valence-corrected chi connectivity index (χ0v) is 11.3. The summed E-state index contributed by atoms with van der Waals surface area (Å²) >= 11 is 0. The lowest BCUT2D eigenvalue weighted by Gasteiger charge is -2.38. The second kappa shape index (κ2) is 4.36. The van der Waals surface area contributed by atoms with Crippen LogP contribution in [0.5, 0.6) is 5.75 Å². The summed E-state index contributed by atoms with van der Waals surface area (Å²) < 4.78 is 5.50. The van der Waals surface area contributed by atoms with Gasteiger partial charge < -0.3 is 20.0 Å². The Morgan fingerprint density at radius 2 is 2.35 bits per heavy atom. The van der Waals surface area contributed by atoms with E-state index in [9.17, 15) is 5.02 Å². The van der Waals surface area contributed by atoms with Crippen molar-refractivity contribution < 1.29 is 9.68 Å². The molecule has 20 heavy (non-hydrogen) atoms. The van der Waals surface area contributed by atoms with E-state index in [1.54, 1.807) is 6.20 Å². The van der Waals surface area contributed by atoms with Crippen LogP contribution < -0.4 is 9.97 Å². The third-order valence-electron chi connectivity index (χ3n) is 4.40. The van der Waals surface area contributed by atoms with Crippen LogP contribution in [0.25, 0.3) is 16.6 Å². The molecular formula is C14H16BN3O2. The monoisotopic (exact) mass is 269 g/mol. The van der Waals surface area contributed by atoms with Gasteiger partial charge in [0.25, 0.3) is 0 Å². The number of allylic oxidation sites excluding steroid dienone is 1. The molecule has 3 N–H and O–H groups in total. The van der Waals surface area contributed by atoms with Gasteiger partial charge in [0.1, 0.15) is 11.4 Å². The summed E-state index contributed by atoms with van der Waals surface area (Å²) in [5, 5.41) is 14.3. The summed E-state index contributed by atoms with van der Waals surface area (Å²) in [4.78, 5) is 7.45. The molecule has 3 heterocycles. The van der Waals surface area contributed by atoms with Crippen LogP contribution in [0, 0.1) is 5.92 Å². The van der Waals surface area contributed by atoms with Crippen LogP contribution in [0.2, 0.25) is 0 Å². The molecule has 0 radical (unpaired) electrons. The highest BCUT2D eigenvalue weighted by Crippen LogP contribution is 2.45. The second-order valence-corrected chi connectivity index (χ2v) is 5.52. The molecule has 2 aromatic heterocycles. The van der Waals surface area contributed by atoms with Crippen LogP contribution in [-0.4, -0.2) is 35.2 Å². The third kappa shape index (κ3) is 1.68. The van der Waals surface area contributed by atoms with Crippen LogP contribution in [0.1, 0.15) is 18.4 Å². The maximum atomic E-state index is 9.89. The smallest absolute Gasteiger partial charge is 0.531 e. The molecule has 0 unspecified atom stereocenters. The molecule has 2 aromatic rings. The Hall–Kier alpha value is -1.79. The van der Waals surface area contributed by atoms with Crippen molar-refractivity contribution in [2.24, 2.45) is 5.92 Å². The van der Waals surface area contributed by atoms with Gasteiger partial charge in [0, 0.05) is 23.2 Å². The summed E-state index contributed by atoms with van der Waals surface area (Å²) in [7, 11) is 1.13. The van der Waals surface area contributed by atoms with Crippen molar-refractivity contribution in [2.45, 2.75) is 18.9 Å². The van der Waals surface area contributed by atoms with Crippen molar-refractivity contribution in [2.75, 3.05) is 7.05 Å². The molecule has 2 aliphatic rings. The number of hydrogen-bond donors (Lipinski definition) is 3. The van der Waals surface area contributed by atoms with Gasteiger partial charge in [-0.3, -0.25) is 0 Å². The number of H-pyrrole nitrogens is 1. The fourth-order valence-electron chi connectivity index (χ4n) is 3.23. The van der Waals surface area contributed by atoms with Crippen molar-refractivity contribution in [3.8, 4) is 5.75 Å². The van der Waals surface area contributed by atoms with E-state index in [1.165, 1.54) is 5.57 Å². The Morgan fingerprint density at radius 1 is 1.50 bits per heavy atom. The summed E-state index contributed by atoms with van der Waals surface area (Å²) in [5.41, 5.74) is 3.14. The lowest BCUT2D eigenvalue weighted by atomic mass is 9.68. The third-order valence-corrected chi connectivity index (χ3v) is 4.40. The minimum atomic E-state index is -0.871. The Morgan fingerprint density at radius 3 is 3.15 bits per heavy atom. The van der Waals surface area contributed by atoms with Gasteiger partial charge in [0.05, 0.1) is 6.20 Å². The summed E-state index contributed by atoms with van der Waals surface area (Å²) in [6.07, 6.45) is 5.78. The number of hydrogen-bond acceptors (Lipinski definition) is 4. The molecule has 0 saturated heterocycles. The maximum absolute atomic E-state index is 9.89. The second-order valence-electron chi connectivity index (χ2n) is 5.52. The Labute approximate surface area is 117 Å². The van der Waals surface area contributed by atoms with Crippen LogP contribution in [0.3, 0.4) is 0 Å². The van der Waals surface area contributed by atoms with E-state index in [4.69, 9.17) is 4.65 Å². The first-order valence-corrected chi connectivity index (χ1v) is 6.96. The molecule has 6 heteroatoms. The highest BCUT2D eigenvalue weighted by molar-refractivity contribution is 6.52. The van der Waals surface area contributed by atoms with Crippen LogP contribution >= 0.6 is 0 Å². The molecule has 0 spiro atoms. The quantitative estimate of drug-likeness (QED) is 0.720. The molecule has 1 saturated carbocycles. The number of nitrogens with zero attached hydrogens (tertiary/aromatic N) is 1. The van der Waals surface area contributed by atoms with E-state index in [0.717, 1.165) is 29.4 Å². The van der Waals surface area contributed by atoms with Crippen LogP contribution in [0.4, 0.5) is 0 Å². The first-order valence-electron chi connectivity index (χ1n) is 6.96. The lowest BCUT2D eigenvalue weighted by Crippen LogP contribution is -2.40. The van der Waals surface area contributed by atoms with Crippen molar-refractivity contribution in [3.63, 3.8) is 0 Å². The Kier molecular flexibility index (Phi) is 2.62. The average Bonchev–Trinajstić information content (AvgIpc) is 2.85. The van der Waals surface area contributed by atoms with Gasteiger partial charge in [-0.1, -0.05) is 0 Å². The summed E-state index contributed by atoms with van der Waals surface area (Å²) in [6.45, 7) is 0. The Balaban J connectivity index is 1.81. The molecule has 1 aliphatic carbocycles. The number of pyridine rings is 1. The highest BCUT2D eigenvalue weighted by Gasteiger charge is 2.36. The molecule has 0 amide bonds. The fourth-order valence-corrected chi connectivity index (χ4v) is 3.23. The molecule has 102 valence electrons. The van der Waals surface area contributed by atoms with Gasteiger partial charge in [-0.15, -0.1) is 0 Å². The zero-order chi connectivity index (χ0) is 13.7. The molecular weight excluding hydrogens is 253 g/mol. The van der Waals surface area contributed by atoms with E-state index in [-0.39, 0.29) is 0 Å². The number of rotatable bonds is 2. The minimum absolute atomic E-state index is 0.477. The van der Waals surface area contributed by atoms with Gasteiger partial charge in [-0.05, 0) is 43.4 Å². The number of aromatic nitrogens is 2. The number of aromatic amines is 1. The van der Waals surface area contributed by atoms with E-state index < -0.39 is 7.12 Å². The zero-order valence-electron chi connectivity index (χ0n) is 11.3. The minimum Gasteiger partial charge on any atom is -0.531 e. The van der Waals surface area contributed by atoms with Gasteiger partial charge in [-0.2, -0.15) is 0 Å². The van der Waals surface area contributed by atoms with Gasteiger partial charge in [0.2, 0.25) is 0 Å². The summed E-state index contributed by atoms with van der Waals surface area (Å²) in [6, 6.07) is 2.59. The van der Waals surface area contributed by atoms with Gasteiger partial charge in [0.15, 0.2) is 0 Å². The van der Waals surface area contributed by atoms with Gasteiger partial charge >= 0.3 is 7.12 Å². The molecule has 1 fully saturated rings. The van der Waals surface area contributed by atoms with Crippen LogP contribution in [0.15, 0.2) is 24.4 Å². The molecule has 4 rings (SSSR count). The van der Waals surface area contributed by atoms with E-state index >= 15 is 0 Å². The average molecular weight is 269 g/mol. The largest absolute Gasteiger partial charge is 0.552 e. The highest BCUT2D eigenvalue weighted by atomic mass is 16.5. The molecule has 0 bridgehead atoms. The predicted molar refractivity (Wildman–Crippen MR) is 78.2 cm³/mol. The predicted octanol–water partition coefficient (Wildman–Crippen LogP) is 1.36. The standard InChI is InChI=1S/C14H16BN3O2/c1-16-9-4-8(5-9)11-6-15(19)20-12-7-18-14-10(13(11)12)2-3-17-14/h2-3,6-9,16,19H,4-5H2,1H3,(H,17,18). The number of nitrogens with one attached hydrogen (secondary N) is 2. The molecule has 5 nitrogen and oxygen atoms in total. The van der Waals surface area contributed by atoms with Crippen molar-refractivity contribution >= 4 is 23.7 Å². The van der Waals surface area contributed by atoms with Crippen molar-refractivity contribution in [1.82, 2.24) is 15.3 Å². The SMILES string of the molecule is CNC1CC(C2=CB(O)Oc3cnc4[nH]ccc4c32)C1. The van der Waals surface area contributed by atoms with Crippen molar-refractivity contribution in [3.05, 3.63) is 30.0 Å². The summed E-state index contributed by atoms with van der Waals surface area (Å²) in [5.74, 6) is 2.99. The van der Waals surface area contributed by atoms with Gasteiger partial charge in [-0.25, -0.2) is 4.98 Å². The Bertz CT molecular complexity index is 691. The fraction of sp³-hybridized carbons (Fsp3) is 0.357. The van der Waals surface area contributed by atoms with E-state index in [1.807, 2.05) is 25.3 Å². The number of fused-ring (bicyclic) bond motifs is 3. The maximum Gasteiger partial charge on any atom is 0.552 e. The van der Waals surface area contributed by atoms with E-state index in [0.29, 0.717) is 17.7 Å². The van der Waals surface area contributed by atoms with Crippen LogP contribution in [-0.2, 0) is 0 Å². The lowest BCUT2D eigenvalue weighted by molar-refractivity contribution is 0.290. The topological polar surface area (TPSA) is 70.2 Å².